The minimum absolute atomic E-state index is 0.0821. The third-order valence-corrected chi connectivity index (χ3v) is 6.93. The molecule has 1 amide bonds. The molecule has 8 heteroatoms. The number of halogens is 3. The van der Waals surface area contributed by atoms with E-state index in [1.807, 2.05) is 17.6 Å². The number of carboxylic acids is 1. The Balaban J connectivity index is 1.53. The molecule has 2 N–H and O–H groups in total. The highest BCUT2D eigenvalue weighted by molar-refractivity contribution is 6.35. The van der Waals surface area contributed by atoms with Gasteiger partial charge in [-0.15, -0.1) is 0 Å². The Bertz CT molecular complexity index is 1220. The Labute approximate surface area is 201 Å². The Morgan fingerprint density at radius 2 is 2.03 bits per heavy atom. The van der Waals surface area contributed by atoms with Crippen LogP contribution in [0.1, 0.15) is 49.0 Å². The average molecular weight is 491 g/mol. The topological polar surface area (TPSA) is 71.3 Å². The molecule has 1 aliphatic rings. The van der Waals surface area contributed by atoms with Gasteiger partial charge in [-0.1, -0.05) is 36.2 Å². The first kappa shape index (κ1) is 23.6. The molecule has 1 heterocycles. The van der Waals surface area contributed by atoms with Gasteiger partial charge >= 0.3 is 5.97 Å². The highest BCUT2D eigenvalue weighted by Crippen LogP contribution is 2.36. The van der Waals surface area contributed by atoms with Crippen LogP contribution in [0.15, 0.2) is 36.4 Å². The summed E-state index contributed by atoms with van der Waals surface area (Å²) < 4.78 is 15.9. The lowest BCUT2D eigenvalue weighted by Gasteiger charge is -2.26. The molecule has 1 aliphatic carbocycles. The van der Waals surface area contributed by atoms with Gasteiger partial charge in [0.05, 0.1) is 0 Å². The van der Waals surface area contributed by atoms with Gasteiger partial charge in [-0.05, 0) is 73.6 Å². The molecule has 2 unspecified atom stereocenters. The van der Waals surface area contributed by atoms with Gasteiger partial charge in [-0.2, -0.15) is 0 Å². The van der Waals surface area contributed by atoms with Crippen LogP contribution in [0.2, 0.25) is 10.0 Å². The lowest BCUT2D eigenvalue weighted by atomic mass is 9.91. The smallest absolute Gasteiger partial charge is 0.326 e. The zero-order valence-electron chi connectivity index (χ0n) is 18.2. The maximum absolute atomic E-state index is 14.1. The number of hydrogen-bond donors (Lipinski definition) is 2. The predicted octanol–water partition coefficient (Wildman–Crippen LogP) is 5.73. The number of rotatable bonds is 7. The second kappa shape index (κ2) is 9.74. The molecule has 0 bridgehead atoms. The van der Waals surface area contributed by atoms with Crippen LogP contribution in [0.5, 0.6) is 0 Å². The van der Waals surface area contributed by atoms with E-state index in [-0.39, 0.29) is 24.2 Å². The first-order valence-corrected chi connectivity index (χ1v) is 11.8. The molecule has 2 aromatic carbocycles. The lowest BCUT2D eigenvalue weighted by Crippen LogP contribution is -2.39. The quantitative estimate of drug-likeness (QED) is 0.444. The largest absolute Gasteiger partial charge is 0.480 e. The van der Waals surface area contributed by atoms with Crippen molar-refractivity contribution in [2.45, 2.75) is 57.5 Å². The number of nitrogens with one attached hydrogen (secondary N) is 1. The van der Waals surface area contributed by atoms with E-state index in [2.05, 4.69) is 5.32 Å². The van der Waals surface area contributed by atoms with Gasteiger partial charge in [0.1, 0.15) is 11.9 Å². The van der Waals surface area contributed by atoms with Crippen LogP contribution in [-0.2, 0) is 28.9 Å². The van der Waals surface area contributed by atoms with Crippen molar-refractivity contribution in [1.82, 2.24) is 9.88 Å². The molecule has 0 fully saturated rings. The first-order chi connectivity index (χ1) is 15.8. The normalized spacial score (nSPS) is 16.4. The number of aromatic nitrogens is 1. The Kier molecular flexibility index (Phi) is 6.96. The van der Waals surface area contributed by atoms with E-state index < -0.39 is 12.0 Å². The van der Waals surface area contributed by atoms with E-state index >= 15 is 0 Å². The average Bonchev–Trinajstić information content (AvgIpc) is 3.06. The van der Waals surface area contributed by atoms with Crippen LogP contribution >= 0.6 is 23.2 Å². The molecule has 4 rings (SSSR count). The summed E-state index contributed by atoms with van der Waals surface area (Å²) in [4.78, 5) is 24.5. The molecule has 1 aromatic heterocycles. The molecule has 0 saturated heterocycles. The molecule has 0 saturated carbocycles. The fourth-order valence-electron chi connectivity index (χ4n) is 4.78. The molecule has 3 aromatic rings. The summed E-state index contributed by atoms with van der Waals surface area (Å²) in [6.07, 6.45) is 3.06. The van der Waals surface area contributed by atoms with E-state index in [1.165, 1.54) is 12.1 Å². The van der Waals surface area contributed by atoms with Crippen molar-refractivity contribution in [2.24, 2.45) is 0 Å². The fraction of sp³-hybridized carbons (Fsp3) is 0.360. The zero-order chi connectivity index (χ0) is 23.7. The van der Waals surface area contributed by atoms with Crippen LogP contribution in [-0.4, -0.2) is 27.6 Å². The number of carboxylic acid groups (broad SMARTS) is 1. The maximum Gasteiger partial charge on any atom is 0.326 e. The second-order valence-corrected chi connectivity index (χ2v) is 9.31. The van der Waals surface area contributed by atoms with Crippen molar-refractivity contribution in [2.75, 3.05) is 0 Å². The number of aryl methyl sites for hydroxylation is 1. The number of amides is 1. The van der Waals surface area contributed by atoms with E-state index in [1.54, 1.807) is 18.2 Å². The fourth-order valence-corrected chi connectivity index (χ4v) is 5.29. The SMILES string of the molecule is CCC(C(=O)O)n1c2c(c3cc(F)ccc31)CC(NC(=O)CCc1ccc(Cl)cc1Cl)CC2. The van der Waals surface area contributed by atoms with E-state index in [9.17, 15) is 19.1 Å². The van der Waals surface area contributed by atoms with Gasteiger partial charge in [0, 0.05) is 39.1 Å². The Hall–Kier alpha value is -2.57. The zero-order valence-corrected chi connectivity index (χ0v) is 19.7. The lowest BCUT2D eigenvalue weighted by molar-refractivity contribution is -0.141. The monoisotopic (exact) mass is 490 g/mol. The summed E-state index contributed by atoms with van der Waals surface area (Å²) in [6, 6.07) is 8.90. The third kappa shape index (κ3) is 4.87. The highest BCUT2D eigenvalue weighted by atomic mass is 35.5. The standard InChI is InChI=1S/C25H25Cl2FN2O3/c1-2-21(25(32)33)30-22-8-6-16(28)12-18(22)19-13-17(7-9-23(19)30)29-24(31)10-4-14-3-5-15(26)11-20(14)27/h3,5-6,8,11-12,17,21H,2,4,7,9-10,13H2,1H3,(H,29,31)(H,32,33). The van der Waals surface area contributed by atoms with Gasteiger partial charge in [0.25, 0.3) is 0 Å². The number of nitrogens with zero attached hydrogens (tertiary/aromatic N) is 1. The third-order valence-electron chi connectivity index (χ3n) is 6.35. The van der Waals surface area contributed by atoms with Crippen LogP contribution in [0.3, 0.4) is 0 Å². The van der Waals surface area contributed by atoms with Crippen LogP contribution in [0.25, 0.3) is 10.9 Å². The van der Waals surface area contributed by atoms with Crippen LogP contribution in [0, 0.1) is 5.82 Å². The second-order valence-electron chi connectivity index (χ2n) is 8.46. The molecular weight excluding hydrogens is 466 g/mol. The molecule has 0 radical (unpaired) electrons. The highest BCUT2D eigenvalue weighted by Gasteiger charge is 2.30. The minimum Gasteiger partial charge on any atom is -0.480 e. The number of hydrogen-bond acceptors (Lipinski definition) is 2. The summed E-state index contributed by atoms with van der Waals surface area (Å²) >= 11 is 12.1. The number of fused-ring (bicyclic) bond motifs is 3. The summed E-state index contributed by atoms with van der Waals surface area (Å²) in [5, 5.41) is 14.6. The summed E-state index contributed by atoms with van der Waals surface area (Å²) in [6.45, 7) is 1.83. The number of carbonyl (C=O) groups is 2. The van der Waals surface area contributed by atoms with Gasteiger partial charge in [0.15, 0.2) is 0 Å². The summed E-state index contributed by atoms with van der Waals surface area (Å²) in [5.74, 6) is -1.35. The van der Waals surface area contributed by atoms with E-state index in [0.29, 0.717) is 42.1 Å². The van der Waals surface area contributed by atoms with Crippen LogP contribution < -0.4 is 5.32 Å². The molecule has 0 spiro atoms. The van der Waals surface area contributed by atoms with E-state index in [4.69, 9.17) is 23.2 Å². The minimum atomic E-state index is -0.905. The molecule has 5 nitrogen and oxygen atoms in total. The van der Waals surface area contributed by atoms with Gasteiger partial charge < -0.3 is 15.0 Å². The first-order valence-electron chi connectivity index (χ1n) is 11.1. The maximum atomic E-state index is 14.1. The van der Waals surface area contributed by atoms with Crippen molar-refractivity contribution >= 4 is 46.0 Å². The molecular formula is C25H25Cl2FN2O3. The van der Waals surface area contributed by atoms with Crippen molar-refractivity contribution in [1.29, 1.82) is 0 Å². The van der Waals surface area contributed by atoms with Gasteiger partial charge in [-0.25, -0.2) is 9.18 Å². The van der Waals surface area contributed by atoms with Crippen molar-refractivity contribution < 1.29 is 19.1 Å². The van der Waals surface area contributed by atoms with Gasteiger partial charge in [-0.3, -0.25) is 4.79 Å². The van der Waals surface area contributed by atoms with Crippen LogP contribution in [0.4, 0.5) is 4.39 Å². The molecule has 174 valence electrons. The number of carbonyl (C=O) groups excluding carboxylic acids is 1. The molecule has 33 heavy (non-hydrogen) atoms. The predicted molar refractivity (Wildman–Crippen MR) is 128 cm³/mol. The Morgan fingerprint density at radius 3 is 2.73 bits per heavy atom. The summed E-state index contributed by atoms with van der Waals surface area (Å²) in [5.41, 5.74) is 3.42. The number of aliphatic carboxylic acids is 1. The van der Waals surface area contributed by atoms with E-state index in [0.717, 1.165) is 27.7 Å². The number of benzene rings is 2. The van der Waals surface area contributed by atoms with Crippen molar-refractivity contribution in [3.05, 3.63) is 69.1 Å². The molecule has 2 atom stereocenters. The van der Waals surface area contributed by atoms with Gasteiger partial charge in [0.2, 0.25) is 5.91 Å². The molecule has 0 aliphatic heterocycles. The van der Waals surface area contributed by atoms with Crippen molar-refractivity contribution in [3.8, 4) is 0 Å². The summed E-state index contributed by atoms with van der Waals surface area (Å²) in [7, 11) is 0. The van der Waals surface area contributed by atoms with Crippen molar-refractivity contribution in [3.63, 3.8) is 0 Å². The Morgan fingerprint density at radius 1 is 1.24 bits per heavy atom.